The Morgan fingerprint density at radius 1 is 1.12 bits per heavy atom. The summed E-state index contributed by atoms with van der Waals surface area (Å²) in [6, 6.07) is 10.4. The minimum Gasteiger partial charge on any atom is -0.465 e. The van der Waals surface area contributed by atoms with E-state index in [2.05, 4.69) is 21.2 Å². The number of morpholine rings is 1. The van der Waals surface area contributed by atoms with E-state index in [9.17, 15) is 9.59 Å². The average molecular weight is 405 g/mol. The summed E-state index contributed by atoms with van der Waals surface area (Å²) >= 11 is 3.33. The molecule has 1 aliphatic heterocycles. The van der Waals surface area contributed by atoms with Gasteiger partial charge in [0.1, 0.15) is 11.5 Å². The molecule has 2 heterocycles. The number of nitrogens with one attached hydrogen (secondary N) is 1. The van der Waals surface area contributed by atoms with Gasteiger partial charge in [-0.3, -0.25) is 9.59 Å². The van der Waals surface area contributed by atoms with Gasteiger partial charge >= 0.3 is 0 Å². The van der Waals surface area contributed by atoms with Gasteiger partial charge in [0.2, 0.25) is 0 Å². The van der Waals surface area contributed by atoms with Crippen LogP contribution in [0.5, 0.6) is 0 Å². The minimum atomic E-state index is -0.355. The normalized spacial score (nSPS) is 15.1. The number of benzene rings is 1. The molecule has 1 fully saturated rings. The second-order valence-electron chi connectivity index (χ2n) is 5.44. The van der Waals surface area contributed by atoms with Gasteiger partial charge in [0.15, 0.2) is 0 Å². The molecule has 0 spiro atoms. The fraction of sp³-hybridized carbons (Fsp3) is 0.222. The summed E-state index contributed by atoms with van der Waals surface area (Å²) in [4.78, 5) is 26.9. The van der Waals surface area contributed by atoms with E-state index < -0.39 is 0 Å². The van der Waals surface area contributed by atoms with Crippen LogP contribution in [0.4, 0.5) is 0 Å². The Morgan fingerprint density at radius 3 is 2.48 bits per heavy atom. The monoisotopic (exact) mass is 404 g/mol. The summed E-state index contributed by atoms with van der Waals surface area (Å²) in [6.45, 7) is 1.95. The maximum atomic E-state index is 12.8. The van der Waals surface area contributed by atoms with Crippen molar-refractivity contribution in [3.05, 3.63) is 64.2 Å². The van der Waals surface area contributed by atoms with E-state index in [1.54, 1.807) is 41.3 Å². The standard InChI is InChI=1S/C18H17BrN2O4/c19-14-5-3-13(4-6-14)17(22)20-16(12-15-2-1-9-25-15)18(23)21-7-10-24-11-8-21/h1-6,9,12H,7-8,10-11H2,(H,20,22)/b16-12+. The highest BCUT2D eigenvalue weighted by atomic mass is 79.9. The van der Waals surface area contributed by atoms with E-state index in [0.717, 1.165) is 4.47 Å². The molecule has 0 aliphatic carbocycles. The summed E-state index contributed by atoms with van der Waals surface area (Å²) < 4.78 is 11.4. The van der Waals surface area contributed by atoms with Crippen molar-refractivity contribution in [2.24, 2.45) is 0 Å². The predicted octanol–water partition coefficient (Wildman–Crippen LogP) is 2.67. The van der Waals surface area contributed by atoms with Crippen LogP contribution in [-0.2, 0) is 9.53 Å². The summed E-state index contributed by atoms with van der Waals surface area (Å²) in [7, 11) is 0. The van der Waals surface area contributed by atoms with Gasteiger partial charge in [-0.2, -0.15) is 0 Å². The van der Waals surface area contributed by atoms with Crippen LogP contribution in [0, 0.1) is 0 Å². The van der Waals surface area contributed by atoms with Gasteiger partial charge < -0.3 is 19.4 Å². The van der Waals surface area contributed by atoms with Crippen LogP contribution < -0.4 is 5.32 Å². The van der Waals surface area contributed by atoms with Crippen LogP contribution in [0.25, 0.3) is 6.08 Å². The third kappa shape index (κ3) is 4.58. The van der Waals surface area contributed by atoms with Gasteiger partial charge in [0.05, 0.1) is 19.5 Å². The Hall–Kier alpha value is -2.38. The lowest BCUT2D eigenvalue weighted by molar-refractivity contribution is -0.131. The van der Waals surface area contributed by atoms with Crippen molar-refractivity contribution in [3.63, 3.8) is 0 Å². The molecule has 0 radical (unpaired) electrons. The van der Waals surface area contributed by atoms with Crippen LogP contribution in [0.1, 0.15) is 16.1 Å². The Kier molecular flexibility index (Phi) is 5.67. The lowest BCUT2D eigenvalue weighted by Crippen LogP contribution is -2.44. The number of amides is 2. The van der Waals surface area contributed by atoms with E-state index in [4.69, 9.17) is 9.15 Å². The number of carbonyl (C=O) groups excluding carboxylic acids is 2. The zero-order chi connectivity index (χ0) is 17.6. The van der Waals surface area contributed by atoms with E-state index in [0.29, 0.717) is 37.6 Å². The van der Waals surface area contributed by atoms with Gasteiger partial charge in [-0.1, -0.05) is 15.9 Å². The molecule has 1 N–H and O–H groups in total. The molecule has 2 amide bonds. The van der Waals surface area contributed by atoms with E-state index >= 15 is 0 Å². The molecule has 0 saturated carbocycles. The number of hydrogen-bond donors (Lipinski definition) is 1. The van der Waals surface area contributed by atoms with Crippen LogP contribution >= 0.6 is 15.9 Å². The Bertz CT molecular complexity index is 763. The number of hydrogen-bond acceptors (Lipinski definition) is 4. The van der Waals surface area contributed by atoms with Crippen molar-refractivity contribution in [1.29, 1.82) is 0 Å². The number of nitrogens with zero attached hydrogens (tertiary/aromatic N) is 1. The van der Waals surface area contributed by atoms with Gasteiger partial charge in [-0.15, -0.1) is 0 Å². The number of ether oxygens (including phenoxy) is 1. The molecule has 7 heteroatoms. The number of rotatable bonds is 4. The summed E-state index contributed by atoms with van der Waals surface area (Å²) in [5.74, 6) is -0.121. The molecule has 6 nitrogen and oxygen atoms in total. The van der Waals surface area contributed by atoms with Crippen molar-refractivity contribution in [3.8, 4) is 0 Å². The highest BCUT2D eigenvalue weighted by molar-refractivity contribution is 9.10. The third-order valence-corrected chi connectivity index (χ3v) is 4.24. The van der Waals surface area contributed by atoms with Gasteiger partial charge in [-0.05, 0) is 36.4 Å². The van der Waals surface area contributed by atoms with Gasteiger partial charge in [-0.25, -0.2) is 0 Å². The maximum absolute atomic E-state index is 12.8. The Morgan fingerprint density at radius 2 is 1.84 bits per heavy atom. The topological polar surface area (TPSA) is 71.8 Å². The molecule has 130 valence electrons. The second kappa shape index (κ2) is 8.13. The highest BCUT2D eigenvalue weighted by Gasteiger charge is 2.23. The molecular weight excluding hydrogens is 388 g/mol. The summed E-state index contributed by atoms with van der Waals surface area (Å²) in [5.41, 5.74) is 0.632. The molecule has 2 aromatic rings. The van der Waals surface area contributed by atoms with Crippen LogP contribution in [0.15, 0.2) is 57.2 Å². The minimum absolute atomic E-state index is 0.171. The lowest BCUT2D eigenvalue weighted by atomic mass is 10.2. The molecule has 3 rings (SSSR count). The zero-order valence-corrected chi connectivity index (χ0v) is 15.0. The van der Waals surface area contributed by atoms with Crippen molar-refractivity contribution in [2.45, 2.75) is 0 Å². The molecule has 1 saturated heterocycles. The van der Waals surface area contributed by atoms with Crippen LogP contribution in [-0.4, -0.2) is 43.0 Å². The lowest BCUT2D eigenvalue weighted by Gasteiger charge is -2.27. The first kappa shape index (κ1) is 17.4. The number of furan rings is 1. The molecule has 0 atom stereocenters. The Labute approximate surface area is 153 Å². The summed E-state index contributed by atoms with van der Waals surface area (Å²) in [6.07, 6.45) is 3.05. The van der Waals surface area contributed by atoms with Crippen molar-refractivity contribution in [2.75, 3.05) is 26.3 Å². The largest absolute Gasteiger partial charge is 0.465 e. The molecule has 25 heavy (non-hydrogen) atoms. The fourth-order valence-electron chi connectivity index (χ4n) is 2.40. The summed E-state index contributed by atoms with van der Waals surface area (Å²) in [5, 5.41) is 2.70. The molecule has 1 aliphatic rings. The predicted molar refractivity (Wildman–Crippen MR) is 95.7 cm³/mol. The first-order valence-corrected chi connectivity index (χ1v) is 8.62. The highest BCUT2D eigenvalue weighted by Crippen LogP contribution is 2.13. The Balaban J connectivity index is 1.82. The zero-order valence-electron chi connectivity index (χ0n) is 13.4. The SMILES string of the molecule is O=C(N/C(=C/c1ccco1)C(=O)N1CCOCC1)c1ccc(Br)cc1. The second-order valence-corrected chi connectivity index (χ2v) is 6.35. The van der Waals surface area contributed by atoms with E-state index in [-0.39, 0.29) is 17.5 Å². The average Bonchev–Trinajstić information content (AvgIpc) is 3.15. The van der Waals surface area contributed by atoms with E-state index in [1.165, 1.54) is 12.3 Å². The molecular formula is C18H17BrN2O4. The number of halogens is 1. The fourth-order valence-corrected chi connectivity index (χ4v) is 2.66. The quantitative estimate of drug-likeness (QED) is 0.795. The first-order valence-electron chi connectivity index (χ1n) is 7.82. The maximum Gasteiger partial charge on any atom is 0.270 e. The van der Waals surface area contributed by atoms with Crippen molar-refractivity contribution >= 4 is 33.8 Å². The number of carbonyl (C=O) groups is 2. The van der Waals surface area contributed by atoms with Crippen molar-refractivity contribution in [1.82, 2.24) is 10.2 Å². The first-order chi connectivity index (χ1) is 12.1. The smallest absolute Gasteiger partial charge is 0.270 e. The molecule has 1 aromatic heterocycles. The van der Waals surface area contributed by atoms with Gasteiger partial charge in [0, 0.05) is 29.2 Å². The third-order valence-electron chi connectivity index (χ3n) is 3.71. The van der Waals surface area contributed by atoms with Crippen molar-refractivity contribution < 1.29 is 18.7 Å². The van der Waals surface area contributed by atoms with E-state index in [1.807, 2.05) is 0 Å². The van der Waals surface area contributed by atoms with Crippen LogP contribution in [0.2, 0.25) is 0 Å². The molecule has 1 aromatic carbocycles. The van der Waals surface area contributed by atoms with Gasteiger partial charge in [0.25, 0.3) is 11.8 Å². The molecule has 0 unspecified atom stereocenters. The molecule has 0 bridgehead atoms. The van der Waals surface area contributed by atoms with Crippen LogP contribution in [0.3, 0.4) is 0 Å².